The Hall–Kier alpha value is -3.25. The van der Waals surface area contributed by atoms with Crippen molar-refractivity contribution in [2.75, 3.05) is 18.0 Å². The zero-order valence-electron chi connectivity index (χ0n) is 18.5. The third-order valence-corrected chi connectivity index (χ3v) is 6.91. The Kier molecular flexibility index (Phi) is 6.63. The van der Waals surface area contributed by atoms with Crippen LogP contribution in [-0.2, 0) is 17.9 Å². The van der Waals surface area contributed by atoms with Crippen LogP contribution in [0.4, 0.5) is 5.88 Å². The third-order valence-electron chi connectivity index (χ3n) is 5.87. The Morgan fingerprint density at radius 1 is 0.879 bits per heavy atom. The van der Waals surface area contributed by atoms with Crippen LogP contribution in [-0.4, -0.2) is 29.1 Å². The minimum atomic E-state index is -0.0356. The van der Waals surface area contributed by atoms with E-state index in [0.717, 1.165) is 35.3 Å². The molecule has 168 valence electrons. The van der Waals surface area contributed by atoms with E-state index in [9.17, 15) is 4.79 Å². The van der Waals surface area contributed by atoms with Gasteiger partial charge in [0.2, 0.25) is 0 Å². The lowest BCUT2D eigenvalue weighted by atomic mass is 10.1. The van der Waals surface area contributed by atoms with E-state index in [-0.39, 0.29) is 5.91 Å². The summed E-state index contributed by atoms with van der Waals surface area (Å²) in [7, 11) is 0. The lowest BCUT2D eigenvalue weighted by molar-refractivity contribution is -0.122. The highest BCUT2D eigenvalue weighted by atomic mass is 32.2. The fraction of sp³-hybridized carbons (Fsp3) is 0.259. The van der Waals surface area contributed by atoms with Gasteiger partial charge in [0.25, 0.3) is 5.91 Å². The SMILES string of the molecule is O=C1/C(=C/c2ccc(N3CCCCC3)o2)SC(=NCc2ccccc2)N1Cc1ccccc1. The largest absolute Gasteiger partial charge is 0.441 e. The molecule has 3 heterocycles. The number of aliphatic imine (C=N–C) groups is 1. The van der Waals surface area contributed by atoms with E-state index in [2.05, 4.69) is 17.0 Å². The first kappa shape index (κ1) is 21.6. The Balaban J connectivity index is 1.38. The highest BCUT2D eigenvalue weighted by Crippen LogP contribution is 2.35. The quantitative estimate of drug-likeness (QED) is 0.430. The summed E-state index contributed by atoms with van der Waals surface area (Å²) in [5, 5.41) is 0.724. The second kappa shape index (κ2) is 10.1. The zero-order chi connectivity index (χ0) is 22.5. The van der Waals surface area contributed by atoms with E-state index < -0.39 is 0 Å². The molecule has 2 fully saturated rings. The standard InChI is InChI=1S/C27H27N3O2S/c31-26-24(18-23-14-15-25(32-23)29-16-8-3-9-17-29)33-27(28-19-21-10-4-1-5-11-21)30(26)20-22-12-6-2-7-13-22/h1-2,4-7,10-15,18H,3,8-9,16-17,19-20H2/b24-18-,28-27?. The predicted molar refractivity (Wildman–Crippen MR) is 135 cm³/mol. The number of amides is 1. The molecule has 5 nitrogen and oxygen atoms in total. The molecule has 0 bridgehead atoms. The minimum Gasteiger partial charge on any atom is -0.441 e. The fourth-order valence-corrected chi connectivity index (χ4v) is 5.06. The van der Waals surface area contributed by atoms with Gasteiger partial charge >= 0.3 is 0 Å². The molecule has 0 radical (unpaired) electrons. The smallest absolute Gasteiger partial charge is 0.267 e. The summed E-state index contributed by atoms with van der Waals surface area (Å²) in [6, 6.07) is 24.1. The summed E-state index contributed by atoms with van der Waals surface area (Å²) in [4.78, 5) is 22.8. The number of hydrogen-bond donors (Lipinski definition) is 0. The highest BCUT2D eigenvalue weighted by molar-refractivity contribution is 8.18. The molecule has 1 amide bonds. The molecule has 5 rings (SSSR count). The molecule has 0 atom stereocenters. The van der Waals surface area contributed by atoms with Crippen molar-refractivity contribution in [3.8, 4) is 0 Å². The number of benzene rings is 2. The molecule has 6 heteroatoms. The van der Waals surface area contributed by atoms with Crippen LogP contribution >= 0.6 is 11.8 Å². The first-order chi connectivity index (χ1) is 16.3. The van der Waals surface area contributed by atoms with Gasteiger partial charge in [0, 0.05) is 25.2 Å². The van der Waals surface area contributed by atoms with Gasteiger partial charge in [-0.25, -0.2) is 0 Å². The zero-order valence-corrected chi connectivity index (χ0v) is 19.3. The molecule has 0 aliphatic carbocycles. The van der Waals surface area contributed by atoms with Crippen molar-refractivity contribution < 1.29 is 9.21 Å². The van der Waals surface area contributed by atoms with E-state index >= 15 is 0 Å². The number of hydrogen-bond acceptors (Lipinski definition) is 5. The molecular weight excluding hydrogens is 430 g/mol. The Bertz CT molecular complexity index is 1150. The number of carbonyl (C=O) groups is 1. The van der Waals surface area contributed by atoms with Crippen LogP contribution in [0.15, 0.2) is 87.1 Å². The number of anilines is 1. The predicted octanol–water partition coefficient (Wildman–Crippen LogP) is 5.94. The Morgan fingerprint density at radius 3 is 2.30 bits per heavy atom. The third kappa shape index (κ3) is 5.22. The van der Waals surface area contributed by atoms with Crippen molar-refractivity contribution in [1.82, 2.24) is 4.90 Å². The van der Waals surface area contributed by atoms with Crippen LogP contribution in [0.1, 0.15) is 36.1 Å². The van der Waals surface area contributed by atoms with E-state index in [0.29, 0.717) is 23.8 Å². The van der Waals surface area contributed by atoms with Gasteiger partial charge in [0.05, 0.1) is 18.0 Å². The Labute approximate surface area is 198 Å². The maximum Gasteiger partial charge on any atom is 0.267 e. The summed E-state index contributed by atoms with van der Waals surface area (Å²) in [5.41, 5.74) is 2.19. The van der Waals surface area contributed by atoms with Crippen molar-refractivity contribution in [3.05, 3.63) is 94.6 Å². The number of rotatable bonds is 6. The van der Waals surface area contributed by atoms with Crippen LogP contribution in [0.2, 0.25) is 0 Å². The minimum absolute atomic E-state index is 0.0356. The van der Waals surface area contributed by atoms with Gasteiger partial charge < -0.3 is 9.32 Å². The van der Waals surface area contributed by atoms with Crippen molar-refractivity contribution in [2.24, 2.45) is 4.99 Å². The van der Waals surface area contributed by atoms with Crippen LogP contribution < -0.4 is 4.90 Å². The van der Waals surface area contributed by atoms with Gasteiger partial charge in [0.15, 0.2) is 11.1 Å². The number of carbonyl (C=O) groups excluding carboxylic acids is 1. The first-order valence-corrected chi connectivity index (χ1v) is 12.3. The number of amidine groups is 1. The van der Waals surface area contributed by atoms with Gasteiger partial charge in [-0.2, -0.15) is 0 Å². The van der Waals surface area contributed by atoms with Crippen LogP contribution in [0, 0.1) is 0 Å². The fourth-order valence-electron chi connectivity index (χ4n) is 4.11. The summed E-state index contributed by atoms with van der Waals surface area (Å²) in [6.07, 6.45) is 5.52. The van der Waals surface area contributed by atoms with Gasteiger partial charge in [-0.1, -0.05) is 60.7 Å². The first-order valence-electron chi connectivity index (χ1n) is 11.4. The average molecular weight is 458 g/mol. The monoisotopic (exact) mass is 457 g/mol. The van der Waals surface area contributed by atoms with Gasteiger partial charge in [-0.05, 0) is 48.2 Å². The molecule has 3 aromatic rings. The topological polar surface area (TPSA) is 49.1 Å². The van der Waals surface area contributed by atoms with Crippen LogP contribution in [0.25, 0.3) is 6.08 Å². The highest BCUT2D eigenvalue weighted by Gasteiger charge is 2.33. The van der Waals surface area contributed by atoms with Gasteiger partial charge in [0.1, 0.15) is 5.76 Å². The second-order valence-corrected chi connectivity index (χ2v) is 9.30. The average Bonchev–Trinajstić information content (AvgIpc) is 3.45. The van der Waals surface area contributed by atoms with E-state index in [1.807, 2.05) is 66.7 Å². The molecule has 0 N–H and O–H groups in total. The summed E-state index contributed by atoms with van der Waals surface area (Å²) >= 11 is 1.42. The maximum atomic E-state index is 13.3. The maximum absolute atomic E-state index is 13.3. The van der Waals surface area contributed by atoms with Crippen molar-refractivity contribution in [1.29, 1.82) is 0 Å². The molecule has 2 saturated heterocycles. The molecule has 0 unspecified atom stereocenters. The van der Waals surface area contributed by atoms with E-state index in [4.69, 9.17) is 9.41 Å². The second-order valence-electron chi connectivity index (χ2n) is 8.30. The number of piperidine rings is 1. The summed E-state index contributed by atoms with van der Waals surface area (Å²) < 4.78 is 6.08. The molecule has 2 aliphatic heterocycles. The van der Waals surface area contributed by atoms with Gasteiger partial charge in [-0.3, -0.25) is 14.7 Å². The molecule has 0 spiro atoms. The van der Waals surface area contributed by atoms with Crippen LogP contribution in [0.3, 0.4) is 0 Å². The lowest BCUT2D eigenvalue weighted by Crippen LogP contribution is -2.28. The van der Waals surface area contributed by atoms with Crippen molar-refractivity contribution in [3.63, 3.8) is 0 Å². The Morgan fingerprint density at radius 2 is 1.58 bits per heavy atom. The number of thioether (sulfide) groups is 1. The molecular formula is C27H27N3O2S. The summed E-state index contributed by atoms with van der Waals surface area (Å²) in [6.45, 7) is 3.08. The van der Waals surface area contributed by atoms with Gasteiger partial charge in [-0.15, -0.1) is 0 Å². The molecule has 2 aromatic carbocycles. The van der Waals surface area contributed by atoms with Crippen molar-refractivity contribution >= 4 is 34.8 Å². The molecule has 33 heavy (non-hydrogen) atoms. The van der Waals surface area contributed by atoms with E-state index in [1.54, 1.807) is 4.90 Å². The van der Waals surface area contributed by atoms with Crippen molar-refractivity contribution in [2.45, 2.75) is 32.4 Å². The molecule has 1 aromatic heterocycles. The molecule has 0 saturated carbocycles. The summed E-state index contributed by atoms with van der Waals surface area (Å²) in [5.74, 6) is 1.55. The normalized spacial score (nSPS) is 19.1. The lowest BCUT2D eigenvalue weighted by Gasteiger charge is -2.25. The molecule has 2 aliphatic rings. The van der Waals surface area contributed by atoms with E-state index in [1.165, 1.54) is 31.0 Å². The van der Waals surface area contributed by atoms with Crippen LogP contribution in [0.5, 0.6) is 0 Å². The number of nitrogens with zero attached hydrogens (tertiary/aromatic N) is 3. The number of furan rings is 1.